The topological polar surface area (TPSA) is 81.4 Å². The number of methoxy groups -OCH3 is 1. The van der Waals surface area contributed by atoms with Crippen molar-refractivity contribution in [1.29, 1.82) is 0 Å². The monoisotopic (exact) mass is 348 g/mol. The zero-order valence-electron chi connectivity index (χ0n) is 13.1. The molecule has 0 bridgehead atoms. The molecule has 0 amide bonds. The molecule has 7 heteroatoms. The molecule has 0 atom stereocenters. The zero-order chi connectivity index (χ0) is 15.5. The van der Waals surface area contributed by atoms with Gasteiger partial charge >= 0.3 is 0 Å². The molecular formula is C15H25ClN2O3S. The summed E-state index contributed by atoms with van der Waals surface area (Å²) in [7, 11) is -1.97. The van der Waals surface area contributed by atoms with Crippen LogP contribution in [-0.2, 0) is 10.0 Å². The van der Waals surface area contributed by atoms with E-state index in [2.05, 4.69) is 4.72 Å². The van der Waals surface area contributed by atoms with E-state index >= 15 is 0 Å². The molecule has 1 aromatic rings. The quantitative estimate of drug-likeness (QED) is 0.855. The second-order valence-corrected chi connectivity index (χ2v) is 7.65. The predicted molar refractivity (Wildman–Crippen MR) is 90.2 cm³/mol. The molecule has 1 aromatic carbocycles. The Labute approximate surface area is 139 Å². The highest BCUT2D eigenvalue weighted by Gasteiger charge is 2.29. The average molecular weight is 349 g/mol. The minimum absolute atomic E-state index is 0. The van der Waals surface area contributed by atoms with Crippen molar-refractivity contribution in [3.05, 3.63) is 23.8 Å². The highest BCUT2D eigenvalue weighted by atomic mass is 35.5. The van der Waals surface area contributed by atoms with Crippen molar-refractivity contribution in [1.82, 2.24) is 4.72 Å². The Bertz CT molecular complexity index is 599. The third kappa shape index (κ3) is 4.59. The van der Waals surface area contributed by atoms with Gasteiger partial charge in [-0.05, 0) is 43.5 Å². The second-order valence-electron chi connectivity index (χ2n) is 5.88. The lowest BCUT2D eigenvalue weighted by molar-refractivity contribution is 0.296. The molecule has 1 saturated carbocycles. The van der Waals surface area contributed by atoms with Crippen LogP contribution in [-0.4, -0.2) is 27.6 Å². The van der Waals surface area contributed by atoms with E-state index in [-0.39, 0.29) is 17.3 Å². The summed E-state index contributed by atoms with van der Waals surface area (Å²) in [4.78, 5) is 0.250. The van der Waals surface area contributed by atoms with E-state index in [9.17, 15) is 8.42 Å². The van der Waals surface area contributed by atoms with E-state index < -0.39 is 15.6 Å². The van der Waals surface area contributed by atoms with Crippen LogP contribution in [0.3, 0.4) is 0 Å². The van der Waals surface area contributed by atoms with Gasteiger partial charge in [0.2, 0.25) is 10.0 Å². The Morgan fingerprint density at radius 2 is 1.91 bits per heavy atom. The van der Waals surface area contributed by atoms with Crippen LogP contribution in [0.1, 0.15) is 37.7 Å². The van der Waals surface area contributed by atoms with Crippen molar-refractivity contribution in [2.75, 3.05) is 13.7 Å². The molecule has 0 unspecified atom stereocenters. The first-order valence-corrected chi connectivity index (χ1v) is 8.78. The van der Waals surface area contributed by atoms with E-state index in [1.807, 2.05) is 6.92 Å². The molecule has 22 heavy (non-hydrogen) atoms. The average Bonchev–Trinajstić information content (AvgIpc) is 2.46. The van der Waals surface area contributed by atoms with Crippen molar-refractivity contribution in [2.45, 2.75) is 49.5 Å². The van der Waals surface area contributed by atoms with Crippen molar-refractivity contribution in [3.63, 3.8) is 0 Å². The van der Waals surface area contributed by atoms with E-state index in [0.29, 0.717) is 12.3 Å². The van der Waals surface area contributed by atoms with Crippen molar-refractivity contribution < 1.29 is 13.2 Å². The fourth-order valence-electron chi connectivity index (χ4n) is 2.77. The van der Waals surface area contributed by atoms with Crippen LogP contribution in [0.2, 0.25) is 0 Å². The van der Waals surface area contributed by atoms with Gasteiger partial charge < -0.3 is 10.5 Å². The summed E-state index contributed by atoms with van der Waals surface area (Å²) in [6.45, 7) is 2.11. The van der Waals surface area contributed by atoms with Gasteiger partial charge in [-0.15, -0.1) is 12.4 Å². The maximum Gasteiger partial charge on any atom is 0.240 e. The standard InChI is InChI=1S/C15H24N2O3S.ClH/c1-12-10-13(6-7-14(12)20-2)21(18,19)17-11-15(16)8-4-3-5-9-15;/h6-7,10,17H,3-5,8-9,11,16H2,1-2H3;1H. The SMILES string of the molecule is COc1ccc(S(=O)(=O)NCC2(N)CCCCC2)cc1C.Cl. The summed E-state index contributed by atoms with van der Waals surface area (Å²) in [5.41, 5.74) is 6.66. The van der Waals surface area contributed by atoms with Gasteiger partial charge in [0.25, 0.3) is 0 Å². The zero-order valence-corrected chi connectivity index (χ0v) is 14.7. The van der Waals surface area contributed by atoms with Gasteiger partial charge in [0, 0.05) is 12.1 Å². The minimum atomic E-state index is -3.53. The first-order chi connectivity index (χ1) is 9.86. The van der Waals surface area contributed by atoms with E-state index in [1.54, 1.807) is 25.3 Å². The van der Waals surface area contributed by atoms with Gasteiger partial charge in [-0.1, -0.05) is 19.3 Å². The van der Waals surface area contributed by atoms with Gasteiger partial charge in [0.15, 0.2) is 0 Å². The minimum Gasteiger partial charge on any atom is -0.496 e. The normalized spacial score (nSPS) is 17.6. The molecule has 3 N–H and O–H groups in total. The number of ether oxygens (including phenoxy) is 1. The second kappa shape index (κ2) is 7.64. The molecule has 0 aromatic heterocycles. The smallest absolute Gasteiger partial charge is 0.240 e. The maximum atomic E-state index is 12.4. The van der Waals surface area contributed by atoms with E-state index in [4.69, 9.17) is 10.5 Å². The number of nitrogens with two attached hydrogens (primary N) is 1. The molecule has 0 saturated heterocycles. The van der Waals surface area contributed by atoms with E-state index in [0.717, 1.165) is 31.2 Å². The molecule has 0 radical (unpaired) electrons. The summed E-state index contributed by atoms with van der Waals surface area (Å²) in [5, 5.41) is 0. The maximum absolute atomic E-state index is 12.4. The first-order valence-electron chi connectivity index (χ1n) is 7.29. The Kier molecular flexibility index (Phi) is 6.67. The number of benzene rings is 1. The van der Waals surface area contributed by atoms with Gasteiger partial charge in [-0.25, -0.2) is 13.1 Å². The van der Waals surface area contributed by atoms with Gasteiger partial charge in [0.05, 0.1) is 12.0 Å². The number of aryl methyl sites for hydroxylation is 1. The molecule has 126 valence electrons. The lowest BCUT2D eigenvalue weighted by Gasteiger charge is -2.33. The Balaban J connectivity index is 0.00000242. The van der Waals surface area contributed by atoms with Crippen LogP contribution < -0.4 is 15.2 Å². The molecule has 1 aliphatic carbocycles. The molecule has 0 aliphatic heterocycles. The molecule has 1 fully saturated rings. The fourth-order valence-corrected chi connectivity index (χ4v) is 4.00. The highest BCUT2D eigenvalue weighted by molar-refractivity contribution is 7.89. The van der Waals surface area contributed by atoms with Crippen LogP contribution in [0.25, 0.3) is 0 Å². The fraction of sp³-hybridized carbons (Fsp3) is 0.600. The highest BCUT2D eigenvalue weighted by Crippen LogP contribution is 2.26. The van der Waals surface area contributed by atoms with Crippen molar-refractivity contribution in [2.24, 2.45) is 5.73 Å². The van der Waals surface area contributed by atoms with Crippen LogP contribution in [0, 0.1) is 6.92 Å². The molecule has 0 heterocycles. The summed E-state index contributed by atoms with van der Waals surface area (Å²) in [6.07, 6.45) is 5.07. The predicted octanol–water partition coefficient (Wildman–Crippen LogP) is 2.37. The number of halogens is 1. The molecule has 1 aliphatic rings. The van der Waals surface area contributed by atoms with E-state index in [1.165, 1.54) is 6.42 Å². The largest absolute Gasteiger partial charge is 0.496 e. The van der Waals surface area contributed by atoms with Gasteiger partial charge in [0.1, 0.15) is 5.75 Å². The number of rotatable bonds is 5. The molecular weight excluding hydrogens is 324 g/mol. The Hall–Kier alpha value is -0.820. The van der Waals surface area contributed by atoms with Crippen LogP contribution in [0.5, 0.6) is 5.75 Å². The summed E-state index contributed by atoms with van der Waals surface area (Å²) in [5.74, 6) is 0.677. The number of nitrogens with one attached hydrogen (secondary N) is 1. The van der Waals surface area contributed by atoms with Crippen molar-refractivity contribution >= 4 is 22.4 Å². The van der Waals surface area contributed by atoms with Crippen LogP contribution in [0.15, 0.2) is 23.1 Å². The molecule has 2 rings (SSSR count). The lowest BCUT2D eigenvalue weighted by Crippen LogP contribution is -2.51. The summed E-state index contributed by atoms with van der Waals surface area (Å²) >= 11 is 0. The molecule has 5 nitrogen and oxygen atoms in total. The van der Waals surface area contributed by atoms with Crippen LogP contribution >= 0.6 is 12.4 Å². The number of sulfonamides is 1. The van der Waals surface area contributed by atoms with Crippen molar-refractivity contribution in [3.8, 4) is 5.75 Å². The molecule has 0 spiro atoms. The third-order valence-corrected chi connectivity index (χ3v) is 5.54. The van der Waals surface area contributed by atoms with Gasteiger partial charge in [-0.2, -0.15) is 0 Å². The summed E-state index contributed by atoms with van der Waals surface area (Å²) in [6, 6.07) is 4.84. The Morgan fingerprint density at radius 3 is 2.45 bits per heavy atom. The lowest BCUT2D eigenvalue weighted by atomic mass is 9.83. The first kappa shape index (κ1) is 19.2. The van der Waals surface area contributed by atoms with Crippen LogP contribution in [0.4, 0.5) is 0 Å². The van der Waals surface area contributed by atoms with Gasteiger partial charge in [-0.3, -0.25) is 0 Å². The number of hydrogen-bond acceptors (Lipinski definition) is 4. The Morgan fingerprint density at radius 1 is 1.27 bits per heavy atom. The summed E-state index contributed by atoms with van der Waals surface area (Å²) < 4.78 is 32.5. The third-order valence-electron chi connectivity index (χ3n) is 4.14. The number of hydrogen-bond donors (Lipinski definition) is 2.